The van der Waals surface area contributed by atoms with Crippen molar-refractivity contribution in [1.82, 2.24) is 5.32 Å². The Hall–Kier alpha value is -1.88. The fourth-order valence-electron chi connectivity index (χ4n) is 2.33. The van der Waals surface area contributed by atoms with Crippen molar-refractivity contribution in [2.75, 3.05) is 18.4 Å². The molecule has 0 spiro atoms. The van der Waals surface area contributed by atoms with Crippen LogP contribution in [0.25, 0.3) is 0 Å². The summed E-state index contributed by atoms with van der Waals surface area (Å²) in [4.78, 5) is 23.6. The summed E-state index contributed by atoms with van der Waals surface area (Å²) in [7, 11) is 0. The molecule has 0 aromatic heterocycles. The van der Waals surface area contributed by atoms with Gasteiger partial charge in [-0.3, -0.25) is 4.79 Å². The van der Waals surface area contributed by atoms with Gasteiger partial charge in [-0.15, -0.1) is 0 Å². The van der Waals surface area contributed by atoms with Crippen LogP contribution in [0.3, 0.4) is 0 Å². The second kappa shape index (κ2) is 7.22. The quantitative estimate of drug-likeness (QED) is 0.816. The standard InChI is InChI=1S/C16H22N2O3/c1-11(2)21-16(20)13-3-5-14(6-4-13)18-15(19)9-12-7-8-17-10-12/h3-6,11-12,17H,7-10H2,1-2H3,(H,18,19). The molecule has 0 radical (unpaired) electrons. The van der Waals surface area contributed by atoms with Gasteiger partial charge < -0.3 is 15.4 Å². The smallest absolute Gasteiger partial charge is 0.338 e. The molecule has 0 bridgehead atoms. The molecule has 1 aliphatic rings. The van der Waals surface area contributed by atoms with E-state index < -0.39 is 0 Å². The number of carbonyl (C=O) groups excluding carboxylic acids is 2. The number of esters is 1. The van der Waals surface area contributed by atoms with E-state index in [1.165, 1.54) is 0 Å². The minimum Gasteiger partial charge on any atom is -0.459 e. The topological polar surface area (TPSA) is 67.4 Å². The zero-order valence-electron chi connectivity index (χ0n) is 12.5. The predicted octanol–water partition coefficient (Wildman–Crippen LogP) is 2.19. The maximum Gasteiger partial charge on any atom is 0.338 e. The number of rotatable bonds is 5. The average Bonchev–Trinajstić information content (AvgIpc) is 2.91. The largest absolute Gasteiger partial charge is 0.459 e. The molecule has 2 rings (SSSR count). The third-order valence-corrected chi connectivity index (χ3v) is 3.38. The fourth-order valence-corrected chi connectivity index (χ4v) is 2.33. The number of anilines is 1. The van der Waals surface area contributed by atoms with Crippen molar-refractivity contribution in [1.29, 1.82) is 0 Å². The van der Waals surface area contributed by atoms with Crippen molar-refractivity contribution < 1.29 is 14.3 Å². The molecule has 1 aromatic rings. The van der Waals surface area contributed by atoms with Crippen LogP contribution in [-0.2, 0) is 9.53 Å². The molecular weight excluding hydrogens is 268 g/mol. The van der Waals surface area contributed by atoms with E-state index in [1.54, 1.807) is 24.3 Å². The fraction of sp³-hybridized carbons (Fsp3) is 0.500. The summed E-state index contributed by atoms with van der Waals surface area (Å²) in [5.41, 5.74) is 1.19. The lowest BCUT2D eigenvalue weighted by molar-refractivity contribution is -0.116. The van der Waals surface area contributed by atoms with Crippen molar-refractivity contribution in [3.63, 3.8) is 0 Å². The lowest BCUT2D eigenvalue weighted by atomic mass is 10.0. The maximum atomic E-state index is 11.9. The Morgan fingerprint density at radius 3 is 2.62 bits per heavy atom. The highest BCUT2D eigenvalue weighted by Gasteiger charge is 2.18. The van der Waals surface area contributed by atoms with E-state index in [-0.39, 0.29) is 18.0 Å². The minimum atomic E-state index is -0.347. The van der Waals surface area contributed by atoms with Crippen LogP contribution < -0.4 is 10.6 Å². The summed E-state index contributed by atoms with van der Waals surface area (Å²) in [5.74, 6) is 0.0893. The molecule has 1 unspecified atom stereocenters. The van der Waals surface area contributed by atoms with Gasteiger partial charge in [-0.1, -0.05) is 0 Å². The van der Waals surface area contributed by atoms with Gasteiger partial charge in [-0.25, -0.2) is 4.79 Å². The zero-order valence-corrected chi connectivity index (χ0v) is 12.5. The van der Waals surface area contributed by atoms with Crippen molar-refractivity contribution in [3.8, 4) is 0 Å². The van der Waals surface area contributed by atoms with E-state index in [9.17, 15) is 9.59 Å². The second-order valence-corrected chi connectivity index (χ2v) is 5.64. The molecule has 1 aliphatic heterocycles. The Kier molecular flexibility index (Phi) is 5.33. The van der Waals surface area contributed by atoms with Crippen molar-refractivity contribution in [2.45, 2.75) is 32.8 Å². The molecule has 0 saturated carbocycles. The molecule has 5 heteroatoms. The van der Waals surface area contributed by atoms with E-state index in [0.717, 1.165) is 19.5 Å². The summed E-state index contributed by atoms with van der Waals surface area (Å²) in [5, 5.41) is 6.10. The normalized spacial score (nSPS) is 17.8. The van der Waals surface area contributed by atoms with E-state index in [2.05, 4.69) is 10.6 Å². The Morgan fingerprint density at radius 1 is 1.33 bits per heavy atom. The van der Waals surface area contributed by atoms with Crippen LogP contribution in [0.15, 0.2) is 24.3 Å². The minimum absolute atomic E-state index is 0.0150. The molecule has 1 aromatic carbocycles. The molecule has 1 heterocycles. The van der Waals surface area contributed by atoms with Gasteiger partial charge in [0.25, 0.3) is 0 Å². The predicted molar refractivity (Wildman–Crippen MR) is 81.2 cm³/mol. The van der Waals surface area contributed by atoms with Gasteiger partial charge in [-0.05, 0) is 63.5 Å². The molecule has 5 nitrogen and oxygen atoms in total. The first-order valence-electron chi connectivity index (χ1n) is 7.36. The van der Waals surface area contributed by atoms with Crippen LogP contribution in [0.2, 0.25) is 0 Å². The summed E-state index contributed by atoms with van der Waals surface area (Å²) < 4.78 is 5.11. The first kappa shape index (κ1) is 15.5. The zero-order chi connectivity index (χ0) is 15.2. The van der Waals surface area contributed by atoms with Gasteiger partial charge in [0.2, 0.25) is 5.91 Å². The second-order valence-electron chi connectivity index (χ2n) is 5.64. The first-order valence-corrected chi connectivity index (χ1v) is 7.36. The Balaban J connectivity index is 1.86. The molecule has 1 atom stereocenters. The third-order valence-electron chi connectivity index (χ3n) is 3.38. The van der Waals surface area contributed by atoms with Gasteiger partial charge in [0.1, 0.15) is 0 Å². The molecule has 114 valence electrons. The Labute approximate surface area is 125 Å². The van der Waals surface area contributed by atoms with Gasteiger partial charge >= 0.3 is 5.97 Å². The number of nitrogens with one attached hydrogen (secondary N) is 2. The van der Waals surface area contributed by atoms with Gasteiger partial charge in [-0.2, -0.15) is 0 Å². The SMILES string of the molecule is CC(C)OC(=O)c1ccc(NC(=O)CC2CCNC2)cc1. The lowest BCUT2D eigenvalue weighted by Crippen LogP contribution is -2.18. The van der Waals surface area contributed by atoms with Gasteiger partial charge in [0.05, 0.1) is 11.7 Å². The number of ether oxygens (including phenoxy) is 1. The van der Waals surface area contributed by atoms with Crippen LogP contribution in [0.1, 0.15) is 37.0 Å². The van der Waals surface area contributed by atoms with Crippen molar-refractivity contribution >= 4 is 17.6 Å². The van der Waals surface area contributed by atoms with Gasteiger partial charge in [0, 0.05) is 12.1 Å². The van der Waals surface area contributed by atoms with Gasteiger partial charge in [0.15, 0.2) is 0 Å². The van der Waals surface area contributed by atoms with Crippen molar-refractivity contribution in [2.24, 2.45) is 5.92 Å². The summed E-state index contributed by atoms with van der Waals surface area (Å²) >= 11 is 0. The summed E-state index contributed by atoms with van der Waals surface area (Å²) in [6.45, 7) is 5.52. The first-order chi connectivity index (χ1) is 10.0. The monoisotopic (exact) mass is 290 g/mol. The number of hydrogen-bond acceptors (Lipinski definition) is 4. The number of carbonyl (C=O) groups is 2. The van der Waals surface area contributed by atoms with Crippen LogP contribution in [0, 0.1) is 5.92 Å². The van der Waals surface area contributed by atoms with Crippen LogP contribution in [0.4, 0.5) is 5.69 Å². The lowest BCUT2D eigenvalue weighted by Gasteiger charge is -2.10. The van der Waals surface area contributed by atoms with E-state index in [4.69, 9.17) is 4.74 Å². The number of amides is 1. The Bertz CT molecular complexity index is 491. The van der Waals surface area contributed by atoms with E-state index in [0.29, 0.717) is 23.6 Å². The highest BCUT2D eigenvalue weighted by atomic mass is 16.5. The highest BCUT2D eigenvalue weighted by molar-refractivity contribution is 5.93. The molecule has 2 N–H and O–H groups in total. The van der Waals surface area contributed by atoms with Crippen LogP contribution in [-0.4, -0.2) is 31.1 Å². The third kappa shape index (κ3) is 4.86. The summed E-state index contributed by atoms with van der Waals surface area (Å²) in [6, 6.07) is 6.78. The number of hydrogen-bond donors (Lipinski definition) is 2. The molecule has 0 aliphatic carbocycles. The summed E-state index contributed by atoms with van der Waals surface area (Å²) in [6.07, 6.45) is 1.44. The highest BCUT2D eigenvalue weighted by Crippen LogP contribution is 2.15. The molecule has 1 saturated heterocycles. The molecule has 1 fully saturated rings. The van der Waals surface area contributed by atoms with Crippen LogP contribution >= 0.6 is 0 Å². The van der Waals surface area contributed by atoms with Crippen molar-refractivity contribution in [3.05, 3.63) is 29.8 Å². The van der Waals surface area contributed by atoms with Crippen LogP contribution in [0.5, 0.6) is 0 Å². The molecule has 21 heavy (non-hydrogen) atoms. The van der Waals surface area contributed by atoms with E-state index in [1.807, 2.05) is 13.8 Å². The maximum absolute atomic E-state index is 11.9. The average molecular weight is 290 g/mol. The Morgan fingerprint density at radius 2 is 2.05 bits per heavy atom. The number of benzene rings is 1. The molecule has 1 amide bonds. The van der Waals surface area contributed by atoms with E-state index >= 15 is 0 Å². The molecular formula is C16H22N2O3.